The van der Waals surface area contributed by atoms with Crippen LogP contribution in [0.25, 0.3) is 0 Å². The summed E-state index contributed by atoms with van der Waals surface area (Å²) in [6, 6.07) is 12.8. The molecule has 0 aliphatic carbocycles. The molecule has 0 bridgehead atoms. The summed E-state index contributed by atoms with van der Waals surface area (Å²) in [6.45, 7) is 2.26. The molecular formula is C16H16Cl2O2. The predicted molar refractivity (Wildman–Crippen MR) is 82.5 cm³/mol. The normalized spacial score (nSPS) is 12.2. The fraction of sp³-hybridized carbons (Fsp3) is 0.250. The van der Waals surface area contributed by atoms with E-state index in [1.165, 1.54) is 0 Å². The Balaban J connectivity index is 2.15. The number of hydrogen-bond donors (Lipinski definition) is 1. The highest BCUT2D eigenvalue weighted by atomic mass is 35.5. The predicted octanol–water partition coefficient (Wildman–Crippen LogP) is 5.02. The number of benzene rings is 2. The molecule has 1 atom stereocenters. The van der Waals surface area contributed by atoms with Crippen LogP contribution >= 0.6 is 23.2 Å². The quantitative estimate of drug-likeness (QED) is 0.840. The van der Waals surface area contributed by atoms with Gasteiger partial charge < -0.3 is 9.84 Å². The first-order valence-corrected chi connectivity index (χ1v) is 7.21. The second-order valence-corrected chi connectivity index (χ2v) is 5.33. The topological polar surface area (TPSA) is 29.5 Å². The van der Waals surface area contributed by atoms with Gasteiger partial charge in [-0.2, -0.15) is 0 Å². The largest absolute Gasteiger partial charge is 0.488 e. The van der Waals surface area contributed by atoms with E-state index >= 15 is 0 Å². The molecular weight excluding hydrogens is 295 g/mol. The minimum absolute atomic E-state index is 0.337. The van der Waals surface area contributed by atoms with Gasteiger partial charge in [-0.15, -0.1) is 0 Å². The van der Waals surface area contributed by atoms with Crippen molar-refractivity contribution in [3.63, 3.8) is 0 Å². The van der Waals surface area contributed by atoms with E-state index < -0.39 is 6.10 Å². The monoisotopic (exact) mass is 310 g/mol. The van der Waals surface area contributed by atoms with Gasteiger partial charge in [0.15, 0.2) is 0 Å². The van der Waals surface area contributed by atoms with Crippen molar-refractivity contribution in [3.05, 3.63) is 63.6 Å². The first kappa shape index (κ1) is 15.2. The average molecular weight is 311 g/mol. The van der Waals surface area contributed by atoms with E-state index in [-0.39, 0.29) is 0 Å². The van der Waals surface area contributed by atoms with Crippen LogP contribution in [-0.4, -0.2) is 5.11 Å². The van der Waals surface area contributed by atoms with E-state index in [1.54, 1.807) is 12.1 Å². The molecule has 1 unspecified atom stereocenters. The second-order valence-electron chi connectivity index (χ2n) is 4.49. The third kappa shape index (κ3) is 3.66. The Morgan fingerprint density at radius 2 is 1.90 bits per heavy atom. The molecule has 2 aromatic carbocycles. The highest BCUT2D eigenvalue weighted by molar-refractivity contribution is 6.35. The Kier molecular flexibility index (Phi) is 5.30. The van der Waals surface area contributed by atoms with E-state index in [1.807, 2.05) is 37.3 Å². The highest BCUT2D eigenvalue weighted by Gasteiger charge is 2.11. The van der Waals surface area contributed by atoms with Crippen molar-refractivity contribution in [2.45, 2.75) is 26.1 Å². The average Bonchev–Trinajstić information content (AvgIpc) is 2.46. The van der Waals surface area contributed by atoms with Crippen molar-refractivity contribution in [2.75, 3.05) is 0 Å². The Hall–Kier alpha value is -1.22. The molecule has 0 amide bonds. The molecule has 0 saturated heterocycles. The van der Waals surface area contributed by atoms with Crippen LogP contribution in [0.4, 0.5) is 0 Å². The molecule has 0 fully saturated rings. The number of aliphatic hydroxyl groups is 1. The summed E-state index contributed by atoms with van der Waals surface area (Å²) in [7, 11) is 0. The van der Waals surface area contributed by atoms with Crippen LogP contribution in [0.3, 0.4) is 0 Å². The van der Waals surface area contributed by atoms with Crippen molar-refractivity contribution in [2.24, 2.45) is 0 Å². The SMILES string of the molecule is CCC(O)c1ccccc1OCc1ccc(Cl)cc1Cl. The molecule has 2 nitrogen and oxygen atoms in total. The summed E-state index contributed by atoms with van der Waals surface area (Å²) in [5, 5.41) is 11.1. The van der Waals surface area contributed by atoms with Gasteiger partial charge in [0.1, 0.15) is 12.4 Å². The van der Waals surface area contributed by atoms with Crippen LogP contribution in [0.1, 0.15) is 30.6 Å². The molecule has 0 aromatic heterocycles. The molecule has 0 aliphatic heterocycles. The first-order chi connectivity index (χ1) is 9.61. The minimum atomic E-state index is -0.521. The number of hydrogen-bond acceptors (Lipinski definition) is 2. The molecule has 4 heteroatoms. The maximum atomic E-state index is 9.97. The van der Waals surface area contributed by atoms with E-state index in [0.29, 0.717) is 28.8 Å². The van der Waals surface area contributed by atoms with Crippen molar-refractivity contribution >= 4 is 23.2 Å². The second kappa shape index (κ2) is 6.98. The first-order valence-electron chi connectivity index (χ1n) is 6.45. The summed E-state index contributed by atoms with van der Waals surface area (Å²) < 4.78 is 5.78. The molecule has 0 radical (unpaired) electrons. The van der Waals surface area contributed by atoms with Crippen LogP contribution in [0.15, 0.2) is 42.5 Å². The lowest BCUT2D eigenvalue weighted by atomic mass is 10.1. The summed E-state index contributed by atoms with van der Waals surface area (Å²) >= 11 is 12.0. The summed E-state index contributed by atoms with van der Waals surface area (Å²) in [4.78, 5) is 0. The number of halogens is 2. The maximum absolute atomic E-state index is 9.97. The molecule has 2 rings (SSSR count). The van der Waals surface area contributed by atoms with Crippen molar-refractivity contribution < 1.29 is 9.84 Å². The molecule has 1 N–H and O–H groups in total. The van der Waals surface area contributed by atoms with E-state index in [2.05, 4.69) is 0 Å². The van der Waals surface area contributed by atoms with Crippen molar-refractivity contribution in [1.82, 2.24) is 0 Å². The standard InChI is InChI=1S/C16H16Cl2O2/c1-2-15(19)13-5-3-4-6-16(13)20-10-11-7-8-12(17)9-14(11)18/h3-9,15,19H,2,10H2,1H3. The number of ether oxygens (including phenoxy) is 1. The van der Waals surface area contributed by atoms with Crippen LogP contribution < -0.4 is 4.74 Å². The molecule has 0 spiro atoms. The zero-order chi connectivity index (χ0) is 14.5. The number of para-hydroxylation sites is 1. The molecule has 0 aliphatic rings. The molecule has 2 aromatic rings. The van der Waals surface area contributed by atoms with Gasteiger partial charge in [-0.05, 0) is 24.6 Å². The van der Waals surface area contributed by atoms with Gasteiger partial charge in [0.2, 0.25) is 0 Å². The van der Waals surface area contributed by atoms with Crippen molar-refractivity contribution in [1.29, 1.82) is 0 Å². The van der Waals surface area contributed by atoms with Crippen LogP contribution in [-0.2, 0) is 6.61 Å². The Morgan fingerprint density at radius 1 is 1.15 bits per heavy atom. The zero-order valence-electron chi connectivity index (χ0n) is 11.1. The molecule has 20 heavy (non-hydrogen) atoms. The lowest BCUT2D eigenvalue weighted by Crippen LogP contribution is -2.02. The van der Waals surface area contributed by atoms with E-state index in [9.17, 15) is 5.11 Å². The molecule has 0 heterocycles. The molecule has 106 valence electrons. The fourth-order valence-electron chi connectivity index (χ4n) is 1.90. The Morgan fingerprint density at radius 3 is 2.60 bits per heavy atom. The van der Waals surface area contributed by atoms with Crippen LogP contribution in [0.5, 0.6) is 5.75 Å². The van der Waals surface area contributed by atoms with E-state index in [0.717, 1.165) is 11.1 Å². The number of rotatable bonds is 5. The number of aliphatic hydroxyl groups excluding tert-OH is 1. The van der Waals surface area contributed by atoms with Crippen molar-refractivity contribution in [3.8, 4) is 5.75 Å². The Labute approximate surface area is 128 Å². The van der Waals surface area contributed by atoms with E-state index in [4.69, 9.17) is 27.9 Å². The molecule has 0 saturated carbocycles. The van der Waals surface area contributed by atoms with Crippen LogP contribution in [0, 0.1) is 0 Å². The summed E-state index contributed by atoms with van der Waals surface area (Å²) in [5.41, 5.74) is 1.65. The third-order valence-electron chi connectivity index (χ3n) is 3.06. The highest BCUT2D eigenvalue weighted by Crippen LogP contribution is 2.28. The minimum Gasteiger partial charge on any atom is -0.488 e. The smallest absolute Gasteiger partial charge is 0.125 e. The fourth-order valence-corrected chi connectivity index (χ4v) is 2.36. The maximum Gasteiger partial charge on any atom is 0.125 e. The van der Waals surface area contributed by atoms with Gasteiger partial charge in [-0.3, -0.25) is 0 Å². The van der Waals surface area contributed by atoms with Gasteiger partial charge in [0, 0.05) is 21.2 Å². The summed E-state index contributed by atoms with van der Waals surface area (Å²) in [6.07, 6.45) is 0.120. The lowest BCUT2D eigenvalue weighted by molar-refractivity contribution is 0.166. The van der Waals surface area contributed by atoms with Gasteiger partial charge in [-0.25, -0.2) is 0 Å². The Bertz CT molecular complexity index is 584. The van der Waals surface area contributed by atoms with Crippen LogP contribution in [0.2, 0.25) is 10.0 Å². The lowest BCUT2D eigenvalue weighted by Gasteiger charge is -2.15. The third-order valence-corrected chi connectivity index (χ3v) is 3.65. The van der Waals surface area contributed by atoms with Gasteiger partial charge in [-0.1, -0.05) is 54.4 Å². The van der Waals surface area contributed by atoms with Gasteiger partial charge >= 0.3 is 0 Å². The summed E-state index contributed by atoms with van der Waals surface area (Å²) in [5.74, 6) is 0.674. The van der Waals surface area contributed by atoms with Gasteiger partial charge in [0.25, 0.3) is 0 Å². The van der Waals surface area contributed by atoms with Gasteiger partial charge in [0.05, 0.1) is 6.10 Å². The zero-order valence-corrected chi connectivity index (χ0v) is 12.7.